The molecule has 0 unspecified atom stereocenters. The van der Waals surface area contributed by atoms with Crippen LogP contribution in [0.5, 0.6) is 0 Å². The number of anilines is 2. The minimum atomic E-state index is -5.08. The first-order valence-corrected chi connectivity index (χ1v) is 7.95. The highest BCUT2D eigenvalue weighted by Gasteiger charge is 2.38. The Kier molecular flexibility index (Phi) is 6.85. The Bertz CT molecular complexity index is 978. The first kappa shape index (κ1) is 21.4. The summed E-state index contributed by atoms with van der Waals surface area (Å²) in [5, 5.41) is 19.2. The van der Waals surface area contributed by atoms with Gasteiger partial charge >= 0.3 is 18.1 Å². The number of aromatic nitrogens is 2. The molecular weight excluding hydrogens is 391 g/mol. The second-order valence-electron chi connectivity index (χ2n) is 5.46. The summed E-state index contributed by atoms with van der Waals surface area (Å²) in [6.45, 7) is 0. The molecular formula is C19H14F3N3O4. The smallest absolute Gasteiger partial charge is 0.478 e. The van der Waals surface area contributed by atoms with Crippen LogP contribution in [-0.4, -0.2) is 38.3 Å². The molecule has 0 atom stereocenters. The number of carboxylic acid groups (broad SMARTS) is 2. The van der Waals surface area contributed by atoms with Crippen LogP contribution in [-0.2, 0) is 4.79 Å². The number of carboxylic acids is 2. The Morgan fingerprint density at radius 2 is 1.45 bits per heavy atom. The Hall–Kier alpha value is -3.95. The van der Waals surface area contributed by atoms with Crippen molar-refractivity contribution < 1.29 is 33.0 Å². The number of halogens is 3. The van der Waals surface area contributed by atoms with Crippen molar-refractivity contribution in [2.45, 2.75) is 6.18 Å². The molecule has 29 heavy (non-hydrogen) atoms. The van der Waals surface area contributed by atoms with Crippen molar-refractivity contribution in [1.29, 1.82) is 0 Å². The second kappa shape index (κ2) is 9.31. The molecule has 7 nitrogen and oxygen atoms in total. The molecule has 0 radical (unpaired) electrons. The SMILES string of the molecule is O=C(O)C(F)(F)F.O=C(O)c1ccc(-c2cccc(Nc3ncccn3)c2)cc1. The number of hydrogen-bond donors (Lipinski definition) is 3. The summed E-state index contributed by atoms with van der Waals surface area (Å²) < 4.78 is 31.7. The third-order valence-corrected chi connectivity index (χ3v) is 3.39. The van der Waals surface area contributed by atoms with Crippen LogP contribution in [0.3, 0.4) is 0 Å². The number of aliphatic carboxylic acids is 1. The van der Waals surface area contributed by atoms with E-state index in [1.165, 1.54) is 0 Å². The molecule has 1 heterocycles. The van der Waals surface area contributed by atoms with Gasteiger partial charge in [-0.1, -0.05) is 24.3 Å². The Labute approximate surface area is 162 Å². The number of rotatable bonds is 4. The van der Waals surface area contributed by atoms with Crippen molar-refractivity contribution in [3.05, 3.63) is 72.6 Å². The molecule has 0 saturated carbocycles. The van der Waals surface area contributed by atoms with Gasteiger partial charge in [0.25, 0.3) is 0 Å². The first-order chi connectivity index (χ1) is 13.7. The highest BCUT2D eigenvalue weighted by molar-refractivity contribution is 5.88. The van der Waals surface area contributed by atoms with E-state index in [1.807, 2.05) is 24.3 Å². The summed E-state index contributed by atoms with van der Waals surface area (Å²) in [7, 11) is 0. The number of nitrogens with one attached hydrogen (secondary N) is 1. The highest BCUT2D eigenvalue weighted by atomic mass is 19.4. The van der Waals surface area contributed by atoms with E-state index in [9.17, 15) is 18.0 Å². The average molecular weight is 405 g/mol. The number of hydrogen-bond acceptors (Lipinski definition) is 5. The van der Waals surface area contributed by atoms with Gasteiger partial charge in [-0.3, -0.25) is 0 Å². The van der Waals surface area contributed by atoms with Crippen molar-refractivity contribution >= 4 is 23.6 Å². The van der Waals surface area contributed by atoms with E-state index < -0.39 is 18.1 Å². The lowest BCUT2D eigenvalue weighted by atomic mass is 10.0. The van der Waals surface area contributed by atoms with Crippen LogP contribution in [0, 0.1) is 0 Å². The molecule has 0 fully saturated rings. The number of benzene rings is 2. The van der Waals surface area contributed by atoms with E-state index in [-0.39, 0.29) is 5.56 Å². The monoisotopic (exact) mass is 405 g/mol. The molecule has 0 aliphatic carbocycles. The van der Waals surface area contributed by atoms with Gasteiger partial charge in [-0.25, -0.2) is 19.6 Å². The van der Waals surface area contributed by atoms with Crippen LogP contribution in [0.1, 0.15) is 10.4 Å². The fourth-order valence-corrected chi connectivity index (χ4v) is 2.07. The van der Waals surface area contributed by atoms with Gasteiger partial charge < -0.3 is 15.5 Å². The topological polar surface area (TPSA) is 112 Å². The zero-order valence-corrected chi connectivity index (χ0v) is 14.6. The number of aromatic carboxylic acids is 1. The summed E-state index contributed by atoms with van der Waals surface area (Å²) in [5.41, 5.74) is 3.07. The van der Waals surface area contributed by atoms with Gasteiger partial charge in [0.1, 0.15) is 0 Å². The first-order valence-electron chi connectivity index (χ1n) is 7.95. The lowest BCUT2D eigenvalue weighted by molar-refractivity contribution is -0.192. The minimum Gasteiger partial charge on any atom is -0.478 e. The molecule has 0 saturated heterocycles. The molecule has 150 valence electrons. The van der Waals surface area contributed by atoms with Gasteiger partial charge in [0.15, 0.2) is 0 Å². The van der Waals surface area contributed by atoms with Gasteiger partial charge in [0.2, 0.25) is 5.95 Å². The lowest BCUT2D eigenvalue weighted by Gasteiger charge is -2.07. The second-order valence-corrected chi connectivity index (χ2v) is 5.46. The van der Waals surface area contributed by atoms with Gasteiger partial charge in [-0.15, -0.1) is 0 Å². The van der Waals surface area contributed by atoms with Crippen molar-refractivity contribution in [2.24, 2.45) is 0 Å². The zero-order valence-electron chi connectivity index (χ0n) is 14.6. The molecule has 3 rings (SSSR count). The van der Waals surface area contributed by atoms with Crippen LogP contribution in [0.15, 0.2) is 67.0 Å². The van der Waals surface area contributed by atoms with Crippen molar-refractivity contribution in [3.8, 4) is 11.1 Å². The largest absolute Gasteiger partial charge is 0.490 e. The summed E-state index contributed by atoms with van der Waals surface area (Å²) >= 11 is 0. The molecule has 2 aromatic carbocycles. The van der Waals surface area contributed by atoms with E-state index in [2.05, 4.69) is 15.3 Å². The predicted octanol–water partition coefficient (Wildman–Crippen LogP) is 4.22. The summed E-state index contributed by atoms with van der Waals surface area (Å²) in [5.74, 6) is -3.16. The number of carbonyl (C=O) groups is 2. The molecule has 10 heteroatoms. The van der Waals surface area contributed by atoms with Crippen LogP contribution in [0.25, 0.3) is 11.1 Å². The van der Waals surface area contributed by atoms with Crippen molar-refractivity contribution in [1.82, 2.24) is 9.97 Å². The van der Waals surface area contributed by atoms with Crippen LogP contribution in [0.4, 0.5) is 24.8 Å². The van der Waals surface area contributed by atoms with Gasteiger partial charge in [0.05, 0.1) is 5.56 Å². The summed E-state index contributed by atoms with van der Waals surface area (Å²) in [6, 6.07) is 16.3. The third-order valence-electron chi connectivity index (χ3n) is 3.39. The molecule has 3 N–H and O–H groups in total. The lowest BCUT2D eigenvalue weighted by Crippen LogP contribution is -2.21. The Morgan fingerprint density at radius 3 is 1.97 bits per heavy atom. The van der Waals surface area contributed by atoms with E-state index in [4.69, 9.17) is 15.0 Å². The van der Waals surface area contributed by atoms with E-state index >= 15 is 0 Å². The van der Waals surface area contributed by atoms with Crippen LogP contribution < -0.4 is 5.32 Å². The molecule has 0 aliphatic heterocycles. The normalized spacial score (nSPS) is 10.4. The molecule has 0 amide bonds. The maximum atomic E-state index is 10.9. The highest BCUT2D eigenvalue weighted by Crippen LogP contribution is 2.24. The van der Waals surface area contributed by atoms with E-state index in [1.54, 1.807) is 42.7 Å². The Balaban J connectivity index is 0.000000370. The van der Waals surface area contributed by atoms with Gasteiger partial charge in [0, 0.05) is 18.1 Å². The summed E-state index contributed by atoms with van der Waals surface area (Å²) in [6.07, 6.45) is -1.74. The van der Waals surface area contributed by atoms with Gasteiger partial charge in [-0.05, 0) is 41.5 Å². The Morgan fingerprint density at radius 1 is 0.862 bits per heavy atom. The molecule has 0 aliphatic rings. The van der Waals surface area contributed by atoms with Crippen LogP contribution in [0.2, 0.25) is 0 Å². The van der Waals surface area contributed by atoms with E-state index in [0.29, 0.717) is 5.95 Å². The molecule has 3 aromatic rings. The fraction of sp³-hybridized carbons (Fsp3) is 0.0526. The maximum absolute atomic E-state index is 10.9. The maximum Gasteiger partial charge on any atom is 0.490 e. The van der Waals surface area contributed by atoms with Gasteiger partial charge in [-0.2, -0.15) is 13.2 Å². The molecule has 0 spiro atoms. The van der Waals surface area contributed by atoms with Crippen molar-refractivity contribution in [3.63, 3.8) is 0 Å². The number of alkyl halides is 3. The number of nitrogens with zero attached hydrogens (tertiary/aromatic N) is 2. The molecule has 1 aromatic heterocycles. The summed E-state index contributed by atoms with van der Waals surface area (Å²) in [4.78, 5) is 28.0. The standard InChI is InChI=1S/C17H13N3O2.C2HF3O2/c21-16(22)13-7-5-12(6-8-13)14-3-1-4-15(11-14)20-17-18-9-2-10-19-17;3-2(4,5)1(6)7/h1-11H,(H,21,22)(H,18,19,20);(H,6,7). The van der Waals surface area contributed by atoms with Crippen molar-refractivity contribution in [2.75, 3.05) is 5.32 Å². The zero-order chi connectivity index (χ0) is 21.4. The fourth-order valence-electron chi connectivity index (χ4n) is 2.07. The minimum absolute atomic E-state index is 0.274. The van der Waals surface area contributed by atoms with E-state index in [0.717, 1.165) is 16.8 Å². The average Bonchev–Trinajstić information content (AvgIpc) is 2.69. The quantitative estimate of drug-likeness (QED) is 0.596. The predicted molar refractivity (Wildman–Crippen MR) is 97.8 cm³/mol. The third kappa shape index (κ3) is 6.61. The molecule has 0 bridgehead atoms. The van der Waals surface area contributed by atoms with Crippen LogP contribution >= 0.6 is 0 Å².